The molecule has 5 heterocycles. The molecule has 2 N–H and O–H groups in total. The fourth-order valence-electron chi connectivity index (χ4n) is 7.56. The molecule has 3 aromatic carbocycles. The van der Waals surface area contributed by atoms with Gasteiger partial charge in [-0.3, -0.25) is 4.90 Å². The first-order valence-corrected chi connectivity index (χ1v) is 15.8. The highest BCUT2D eigenvalue weighted by Crippen LogP contribution is 2.43. The first-order chi connectivity index (χ1) is 21.0. The van der Waals surface area contributed by atoms with Gasteiger partial charge in [0.15, 0.2) is 5.82 Å². The normalized spacial score (nSPS) is 25.8. The number of aromatic hydroxyl groups is 1. The van der Waals surface area contributed by atoms with E-state index in [9.17, 15) is 5.11 Å². The lowest BCUT2D eigenvalue weighted by molar-refractivity contribution is -0.0410. The number of rotatable bonds is 5. The number of hydrogen-bond acceptors (Lipinski definition) is 8. The number of ether oxygens (including phenoxy) is 2. The van der Waals surface area contributed by atoms with Gasteiger partial charge in [0.1, 0.15) is 17.1 Å². The Morgan fingerprint density at radius 3 is 2.72 bits per heavy atom. The van der Waals surface area contributed by atoms with E-state index in [2.05, 4.69) is 20.1 Å². The van der Waals surface area contributed by atoms with Crippen molar-refractivity contribution >= 4 is 39.1 Å². The second-order valence-corrected chi connectivity index (χ2v) is 12.9. The van der Waals surface area contributed by atoms with Crippen molar-refractivity contribution in [2.24, 2.45) is 5.92 Å². The largest absolute Gasteiger partial charge is 0.508 e. The Bertz CT molecular complexity index is 1690. The van der Waals surface area contributed by atoms with Gasteiger partial charge in [0, 0.05) is 61.2 Å². The Morgan fingerprint density at radius 2 is 1.86 bits per heavy atom. The van der Waals surface area contributed by atoms with Gasteiger partial charge in [-0.05, 0) is 60.2 Å². The van der Waals surface area contributed by atoms with Gasteiger partial charge in [-0.25, -0.2) is 4.39 Å². The fourth-order valence-corrected chi connectivity index (χ4v) is 7.85. The summed E-state index contributed by atoms with van der Waals surface area (Å²) < 4.78 is 28.7. The van der Waals surface area contributed by atoms with E-state index in [1.165, 1.54) is 0 Å². The fraction of sp³-hybridized carbons (Fsp3) is 0.455. The van der Waals surface area contributed by atoms with Crippen molar-refractivity contribution < 1.29 is 19.0 Å². The van der Waals surface area contributed by atoms with Gasteiger partial charge in [0.2, 0.25) is 0 Å². The SMILES string of the molecule is Oc1cc(-c2c(Cl)cc3c(N4CC5CCC(C4)N5)nc(OCC4CCC5COCCN5C4)nc3c2F)c2ccccc2c1. The number of piperidine rings is 1. The van der Waals surface area contributed by atoms with Crippen LogP contribution in [0, 0.1) is 11.7 Å². The molecule has 0 aliphatic carbocycles. The summed E-state index contributed by atoms with van der Waals surface area (Å²) >= 11 is 6.88. The van der Waals surface area contributed by atoms with E-state index in [4.69, 9.17) is 26.1 Å². The Balaban J connectivity index is 1.20. The molecule has 224 valence electrons. The number of aromatic nitrogens is 2. The molecule has 2 bridgehead atoms. The van der Waals surface area contributed by atoms with Gasteiger partial charge in [-0.2, -0.15) is 9.97 Å². The van der Waals surface area contributed by atoms with Gasteiger partial charge in [0.25, 0.3) is 0 Å². The molecule has 4 aromatic rings. The molecule has 4 atom stereocenters. The van der Waals surface area contributed by atoms with Gasteiger partial charge < -0.3 is 24.8 Å². The number of phenolic OH excluding ortho intramolecular Hbond substituents is 1. The highest BCUT2D eigenvalue weighted by Gasteiger charge is 2.35. The summed E-state index contributed by atoms with van der Waals surface area (Å²) in [6.45, 7) is 5.50. The van der Waals surface area contributed by atoms with Crippen LogP contribution in [-0.4, -0.2) is 84.1 Å². The molecular weight excluding hydrogens is 569 g/mol. The number of piperazine rings is 1. The van der Waals surface area contributed by atoms with E-state index in [0.29, 0.717) is 47.4 Å². The number of nitrogens with one attached hydrogen (secondary N) is 1. The standard InChI is InChI=1S/C33H35ClFN5O3/c34-28-13-27-31(30(35)29(28)26-12-24(41)11-20-3-1-2-4-25(20)26)37-33(38-32(27)40-15-21-6-7-22(16-40)36-21)43-17-19-5-8-23-18-42-10-9-39(23)14-19/h1-4,11-13,19,21-23,36,41H,5-10,14-18H2. The monoisotopic (exact) mass is 603 g/mol. The number of benzene rings is 3. The maximum Gasteiger partial charge on any atom is 0.319 e. The van der Waals surface area contributed by atoms with Crippen LogP contribution in [0.4, 0.5) is 10.2 Å². The molecule has 4 aliphatic heterocycles. The Labute approximate surface area is 254 Å². The molecule has 4 unspecified atom stereocenters. The zero-order valence-electron chi connectivity index (χ0n) is 23.9. The van der Waals surface area contributed by atoms with Crippen molar-refractivity contribution in [2.75, 3.05) is 50.9 Å². The summed E-state index contributed by atoms with van der Waals surface area (Å²) in [5.74, 6) is 0.501. The molecule has 4 aliphatic rings. The number of hydrogen-bond donors (Lipinski definition) is 2. The number of fused-ring (bicyclic) bond motifs is 5. The molecule has 4 saturated heterocycles. The number of nitrogens with zero attached hydrogens (tertiary/aromatic N) is 4. The first kappa shape index (κ1) is 27.3. The van der Waals surface area contributed by atoms with Gasteiger partial charge in [-0.15, -0.1) is 0 Å². The van der Waals surface area contributed by atoms with Gasteiger partial charge in [-0.1, -0.05) is 35.9 Å². The van der Waals surface area contributed by atoms with Crippen molar-refractivity contribution in [1.29, 1.82) is 0 Å². The minimum absolute atomic E-state index is 0.0444. The van der Waals surface area contributed by atoms with Crippen LogP contribution in [0.15, 0.2) is 42.5 Å². The number of halogens is 2. The average Bonchev–Trinajstić information content (AvgIpc) is 3.36. The van der Waals surface area contributed by atoms with Crippen LogP contribution in [0.25, 0.3) is 32.8 Å². The molecule has 8 rings (SSSR count). The maximum absolute atomic E-state index is 16.8. The van der Waals surface area contributed by atoms with Crippen molar-refractivity contribution in [3.05, 3.63) is 53.3 Å². The van der Waals surface area contributed by atoms with Crippen molar-refractivity contribution in [2.45, 2.75) is 43.8 Å². The van der Waals surface area contributed by atoms with E-state index in [1.54, 1.807) is 18.2 Å². The Morgan fingerprint density at radius 1 is 1.02 bits per heavy atom. The molecule has 8 nitrogen and oxygen atoms in total. The van der Waals surface area contributed by atoms with Crippen molar-refractivity contribution in [1.82, 2.24) is 20.2 Å². The van der Waals surface area contributed by atoms with E-state index in [0.717, 1.165) is 75.8 Å². The average molecular weight is 604 g/mol. The molecule has 0 amide bonds. The van der Waals surface area contributed by atoms with Crippen LogP contribution in [0.3, 0.4) is 0 Å². The summed E-state index contributed by atoms with van der Waals surface area (Å²) in [5, 5.41) is 16.6. The molecule has 0 radical (unpaired) electrons. The minimum atomic E-state index is -0.543. The summed E-state index contributed by atoms with van der Waals surface area (Å²) in [5.41, 5.74) is 0.905. The molecular formula is C33H35ClFN5O3. The molecule has 4 fully saturated rings. The Kier molecular flexibility index (Phi) is 7.01. The van der Waals surface area contributed by atoms with E-state index < -0.39 is 5.82 Å². The van der Waals surface area contributed by atoms with Crippen LogP contribution in [0.1, 0.15) is 25.7 Å². The molecule has 1 aromatic heterocycles. The minimum Gasteiger partial charge on any atom is -0.508 e. The van der Waals surface area contributed by atoms with E-state index in [-0.39, 0.29) is 27.9 Å². The number of anilines is 1. The smallest absolute Gasteiger partial charge is 0.319 e. The molecule has 0 spiro atoms. The highest BCUT2D eigenvalue weighted by molar-refractivity contribution is 6.35. The lowest BCUT2D eigenvalue weighted by Gasteiger charge is -2.42. The number of phenols is 1. The van der Waals surface area contributed by atoms with Crippen LogP contribution >= 0.6 is 11.6 Å². The summed E-state index contributed by atoms with van der Waals surface area (Å²) in [4.78, 5) is 14.3. The zero-order valence-corrected chi connectivity index (χ0v) is 24.7. The molecule has 0 saturated carbocycles. The summed E-state index contributed by atoms with van der Waals surface area (Å²) in [6, 6.07) is 14.0. The summed E-state index contributed by atoms with van der Waals surface area (Å²) in [7, 11) is 0. The van der Waals surface area contributed by atoms with E-state index >= 15 is 4.39 Å². The van der Waals surface area contributed by atoms with Crippen molar-refractivity contribution in [3.8, 4) is 22.9 Å². The van der Waals surface area contributed by atoms with Gasteiger partial charge >= 0.3 is 6.01 Å². The third-order valence-corrected chi connectivity index (χ3v) is 9.97. The maximum atomic E-state index is 16.8. The van der Waals surface area contributed by atoms with Crippen LogP contribution < -0.4 is 15.0 Å². The lowest BCUT2D eigenvalue weighted by atomic mass is 9.93. The Hall–Kier alpha value is -3.24. The third kappa shape index (κ3) is 5.06. The predicted octanol–water partition coefficient (Wildman–Crippen LogP) is 5.38. The third-order valence-electron chi connectivity index (χ3n) is 9.67. The zero-order chi connectivity index (χ0) is 29.1. The first-order valence-electron chi connectivity index (χ1n) is 15.4. The summed E-state index contributed by atoms with van der Waals surface area (Å²) in [6.07, 6.45) is 4.35. The topological polar surface area (TPSA) is 83.0 Å². The molecule has 43 heavy (non-hydrogen) atoms. The van der Waals surface area contributed by atoms with Crippen molar-refractivity contribution in [3.63, 3.8) is 0 Å². The van der Waals surface area contributed by atoms with Crippen LogP contribution in [0.2, 0.25) is 5.02 Å². The van der Waals surface area contributed by atoms with E-state index in [1.807, 2.05) is 24.3 Å². The quantitative estimate of drug-likeness (QED) is 0.315. The van der Waals surface area contributed by atoms with Gasteiger partial charge in [0.05, 0.1) is 24.8 Å². The van der Waals surface area contributed by atoms with Crippen LogP contribution in [0.5, 0.6) is 11.8 Å². The number of morpholine rings is 1. The highest BCUT2D eigenvalue weighted by atomic mass is 35.5. The predicted molar refractivity (Wildman–Crippen MR) is 166 cm³/mol. The van der Waals surface area contributed by atoms with Crippen LogP contribution in [-0.2, 0) is 4.74 Å². The second-order valence-electron chi connectivity index (χ2n) is 12.5. The lowest BCUT2D eigenvalue weighted by Crippen LogP contribution is -2.51. The molecule has 10 heteroatoms. The second kappa shape index (κ2) is 11.0.